The molecule has 0 heterocycles. The van der Waals surface area contributed by atoms with Crippen LogP contribution in [0.3, 0.4) is 0 Å². The van der Waals surface area contributed by atoms with E-state index in [1.54, 1.807) is 0 Å². The van der Waals surface area contributed by atoms with Gasteiger partial charge in [-0.3, -0.25) is 0 Å². The molecule has 0 aliphatic rings. The molecule has 0 N–H and O–H groups in total. The summed E-state index contributed by atoms with van der Waals surface area (Å²) >= 11 is 0. The van der Waals surface area contributed by atoms with Gasteiger partial charge in [0.1, 0.15) is 0 Å². The average Bonchev–Trinajstić information content (AvgIpc) is 2.66. The molecule has 0 spiro atoms. The molecule has 0 bridgehead atoms. The van der Waals surface area contributed by atoms with Gasteiger partial charge in [0, 0.05) is 37.9 Å². The fourth-order valence-electron chi connectivity index (χ4n) is 2.16. The van der Waals surface area contributed by atoms with Crippen LogP contribution in [0.2, 0.25) is 12.1 Å². The van der Waals surface area contributed by atoms with Crippen LogP contribution in [0.15, 0.2) is 0 Å². The number of hydrogen-bond donors (Lipinski definition) is 0. The van der Waals surface area contributed by atoms with E-state index in [1.165, 1.54) is 24.3 Å². The zero-order chi connectivity index (χ0) is 19.3. The van der Waals surface area contributed by atoms with Gasteiger partial charge in [0.2, 0.25) is 0 Å². The Balaban J connectivity index is 3.64. The Kier molecular flexibility index (Phi) is 23.1. The summed E-state index contributed by atoms with van der Waals surface area (Å²) < 4.78 is 23.6. The van der Waals surface area contributed by atoms with Gasteiger partial charge in [-0.05, 0) is 50.6 Å². The third-order valence-corrected chi connectivity index (χ3v) is 10.2. The molecule has 0 fully saturated rings. The Morgan fingerprint density at radius 2 is 0.846 bits per heavy atom. The van der Waals surface area contributed by atoms with E-state index in [9.17, 15) is 0 Å². The molecule has 0 aliphatic carbocycles. The normalized spacial score (nSPS) is 11.8. The zero-order valence-corrected chi connectivity index (χ0v) is 21.4. The maximum Gasteiger partial charge on any atom is 0.321 e. The van der Waals surface area contributed by atoms with Gasteiger partial charge in [-0.15, -0.1) is 0 Å². The van der Waals surface area contributed by atoms with Gasteiger partial charge in [-0.2, -0.15) is 0 Å². The van der Waals surface area contributed by atoms with Gasteiger partial charge in [-0.1, -0.05) is 49.3 Å². The molecule has 8 heteroatoms. The van der Waals surface area contributed by atoms with Gasteiger partial charge >= 0.3 is 18.6 Å². The summed E-state index contributed by atoms with van der Waals surface area (Å²) in [5.41, 5.74) is 0. The van der Waals surface area contributed by atoms with Gasteiger partial charge in [0.15, 0.2) is 0 Å². The monoisotopic (exact) mass is 442 g/mol. The fraction of sp³-hybridized carbons (Fsp3) is 1.00. The summed E-state index contributed by atoms with van der Waals surface area (Å²) in [5, 5.41) is 0. The molecule has 0 atom stereocenters. The molecule has 0 aromatic heterocycles. The largest absolute Gasteiger partial charge is 0.397 e. The molecule has 158 valence electrons. The van der Waals surface area contributed by atoms with Crippen LogP contribution in [-0.2, 0) is 17.7 Å². The molecule has 0 saturated heterocycles. The van der Waals surface area contributed by atoms with Crippen LogP contribution in [0.4, 0.5) is 0 Å². The molecule has 0 radical (unpaired) electrons. The quantitative estimate of drug-likeness (QED) is 0.136. The third-order valence-electron chi connectivity index (χ3n) is 3.45. The lowest BCUT2D eigenvalue weighted by Crippen LogP contribution is -2.24. The summed E-state index contributed by atoms with van der Waals surface area (Å²) in [7, 11) is 1.14. The van der Waals surface area contributed by atoms with E-state index >= 15 is 0 Å². The topological polar surface area (TPSA) is 36.9 Å². The lowest BCUT2D eigenvalue weighted by molar-refractivity contribution is 0.196. The predicted octanol–water partition coefficient (Wildman–Crippen LogP) is 5.30. The highest BCUT2D eigenvalue weighted by molar-refractivity contribution is 8.76. The smallest absolute Gasteiger partial charge is 0.321 e. The first-order valence-corrected chi connectivity index (χ1v) is 16.5. The molecule has 0 aliphatic heterocycles. The molecule has 0 aromatic carbocycles. The minimum atomic E-state index is -1.42. The predicted molar refractivity (Wildman–Crippen MR) is 123 cm³/mol. The standard InChI is InChI=1S/C18H42O4S2Si2/c1-5-11-19-25(20-12-6-2)17-9-15-23-24-16-10-18-26(21-13-7-3)22-14-8-4/h25-26H,5-18H2,1-4H3. The summed E-state index contributed by atoms with van der Waals surface area (Å²) in [6.45, 7) is 12.1. The van der Waals surface area contributed by atoms with E-state index in [2.05, 4.69) is 27.7 Å². The van der Waals surface area contributed by atoms with Crippen LogP contribution in [0, 0.1) is 0 Å². The molecule has 0 amide bonds. The van der Waals surface area contributed by atoms with E-state index in [-0.39, 0.29) is 0 Å². The van der Waals surface area contributed by atoms with Crippen molar-refractivity contribution in [1.82, 2.24) is 0 Å². The SMILES string of the molecule is CCCO[SiH](CCCSSCCC[SiH](OCCC)OCCC)OCCC. The summed E-state index contributed by atoms with van der Waals surface area (Å²) in [5.74, 6) is 2.39. The van der Waals surface area contributed by atoms with Crippen molar-refractivity contribution in [3.05, 3.63) is 0 Å². The molecule has 4 nitrogen and oxygen atoms in total. The highest BCUT2D eigenvalue weighted by atomic mass is 33.1. The fourth-order valence-corrected chi connectivity index (χ4v) is 8.90. The summed E-state index contributed by atoms with van der Waals surface area (Å²) in [4.78, 5) is 0. The second-order valence-electron chi connectivity index (χ2n) is 6.27. The Labute approximate surface area is 173 Å². The second kappa shape index (κ2) is 22.3. The molecule has 26 heavy (non-hydrogen) atoms. The molecule has 0 aromatic rings. The van der Waals surface area contributed by atoms with Crippen molar-refractivity contribution >= 4 is 40.2 Å². The minimum Gasteiger partial charge on any atom is -0.397 e. The molecule has 0 saturated carbocycles. The lowest BCUT2D eigenvalue weighted by atomic mass is 10.5. The first kappa shape index (κ1) is 27.0. The highest BCUT2D eigenvalue weighted by Gasteiger charge is 2.13. The summed E-state index contributed by atoms with van der Waals surface area (Å²) in [6, 6.07) is 2.27. The average molecular weight is 443 g/mol. The van der Waals surface area contributed by atoms with Crippen LogP contribution in [0.25, 0.3) is 0 Å². The van der Waals surface area contributed by atoms with Crippen molar-refractivity contribution in [2.75, 3.05) is 37.9 Å². The molecule has 0 unspecified atom stereocenters. The van der Waals surface area contributed by atoms with E-state index in [1.807, 2.05) is 21.6 Å². The van der Waals surface area contributed by atoms with E-state index in [0.717, 1.165) is 64.2 Å². The number of hydrogen-bond acceptors (Lipinski definition) is 6. The van der Waals surface area contributed by atoms with Crippen LogP contribution in [-0.4, -0.2) is 56.5 Å². The highest BCUT2D eigenvalue weighted by Crippen LogP contribution is 2.25. The van der Waals surface area contributed by atoms with Gasteiger partial charge in [-0.25, -0.2) is 0 Å². The van der Waals surface area contributed by atoms with E-state index in [4.69, 9.17) is 17.7 Å². The van der Waals surface area contributed by atoms with Crippen molar-refractivity contribution in [3.63, 3.8) is 0 Å². The van der Waals surface area contributed by atoms with Crippen LogP contribution in [0.1, 0.15) is 66.2 Å². The Bertz CT molecular complexity index is 238. The lowest BCUT2D eigenvalue weighted by Gasteiger charge is -2.16. The van der Waals surface area contributed by atoms with Crippen LogP contribution in [0.5, 0.6) is 0 Å². The zero-order valence-electron chi connectivity index (χ0n) is 17.5. The number of rotatable bonds is 21. The molecular weight excluding hydrogens is 401 g/mol. The molecule has 0 rings (SSSR count). The van der Waals surface area contributed by atoms with Crippen molar-refractivity contribution in [1.29, 1.82) is 0 Å². The maximum atomic E-state index is 5.91. The second-order valence-corrected chi connectivity index (χ2v) is 13.2. The minimum absolute atomic E-state index is 0.855. The Morgan fingerprint density at radius 3 is 1.12 bits per heavy atom. The van der Waals surface area contributed by atoms with Crippen molar-refractivity contribution in [3.8, 4) is 0 Å². The van der Waals surface area contributed by atoms with Gasteiger partial charge in [0.05, 0.1) is 0 Å². The third kappa shape index (κ3) is 18.3. The van der Waals surface area contributed by atoms with Crippen molar-refractivity contribution < 1.29 is 17.7 Å². The first-order chi connectivity index (χ1) is 12.8. The van der Waals surface area contributed by atoms with Crippen molar-refractivity contribution in [2.45, 2.75) is 78.3 Å². The first-order valence-electron chi connectivity index (χ1n) is 10.5. The van der Waals surface area contributed by atoms with E-state index < -0.39 is 18.6 Å². The van der Waals surface area contributed by atoms with Crippen LogP contribution < -0.4 is 0 Å². The maximum absolute atomic E-state index is 5.91. The molecular formula is C18H42O4S2Si2. The Morgan fingerprint density at radius 1 is 0.538 bits per heavy atom. The van der Waals surface area contributed by atoms with Crippen LogP contribution >= 0.6 is 21.6 Å². The van der Waals surface area contributed by atoms with Gasteiger partial charge < -0.3 is 17.7 Å². The van der Waals surface area contributed by atoms with E-state index in [0.29, 0.717) is 0 Å². The summed E-state index contributed by atoms with van der Waals surface area (Å²) in [6.07, 6.45) is 6.74. The van der Waals surface area contributed by atoms with Gasteiger partial charge in [0.25, 0.3) is 0 Å². The Hall–Kier alpha value is 0.974. The van der Waals surface area contributed by atoms with Crippen molar-refractivity contribution in [2.24, 2.45) is 0 Å².